The molecular weight excluding hydrogens is 436 g/mol. The number of hydrogen-bond acceptors (Lipinski definition) is 5. The Morgan fingerprint density at radius 2 is 0.629 bits per heavy atom. The molecule has 5 rings (SSSR count). The molecular formula is C30H26N2O3. The largest absolute Gasteiger partial charge is 0.508 e. The summed E-state index contributed by atoms with van der Waals surface area (Å²) in [6.45, 7) is 0. The molecule has 174 valence electrons. The van der Waals surface area contributed by atoms with Crippen LogP contribution in [0.2, 0.25) is 0 Å². The van der Waals surface area contributed by atoms with E-state index in [2.05, 4.69) is 24.3 Å². The Kier molecular flexibility index (Phi) is 7.19. The predicted molar refractivity (Wildman–Crippen MR) is 142 cm³/mol. The van der Waals surface area contributed by atoms with Gasteiger partial charge in [-0.3, -0.25) is 0 Å². The summed E-state index contributed by atoms with van der Waals surface area (Å²) in [6.07, 6.45) is 0. The van der Waals surface area contributed by atoms with E-state index < -0.39 is 0 Å². The summed E-state index contributed by atoms with van der Waals surface area (Å²) in [6, 6.07) is 37.0. The van der Waals surface area contributed by atoms with Crippen molar-refractivity contribution in [2.45, 2.75) is 0 Å². The molecule has 6 N–H and O–H groups in total. The second kappa shape index (κ2) is 10.8. The van der Waals surface area contributed by atoms with Crippen molar-refractivity contribution in [2.24, 2.45) is 0 Å². The molecule has 5 nitrogen and oxygen atoms in total. The Morgan fingerprint density at radius 3 is 0.914 bits per heavy atom. The van der Waals surface area contributed by atoms with E-state index in [1.54, 1.807) is 48.5 Å². The minimum absolute atomic E-state index is 0.273. The van der Waals surface area contributed by atoms with Crippen LogP contribution in [0.25, 0.3) is 22.3 Å². The summed E-state index contributed by atoms with van der Waals surface area (Å²) in [5.41, 5.74) is 16.9. The zero-order valence-electron chi connectivity index (χ0n) is 19.0. The first kappa shape index (κ1) is 23.3. The summed E-state index contributed by atoms with van der Waals surface area (Å²) < 4.78 is 5.58. The molecule has 0 fully saturated rings. The van der Waals surface area contributed by atoms with Gasteiger partial charge in [-0.05, 0) is 95.1 Å². The third kappa shape index (κ3) is 6.55. The zero-order valence-corrected chi connectivity index (χ0v) is 19.0. The molecule has 0 bridgehead atoms. The first-order valence-electron chi connectivity index (χ1n) is 11.0. The summed E-state index contributed by atoms with van der Waals surface area (Å²) >= 11 is 0. The lowest BCUT2D eigenvalue weighted by molar-refractivity contribution is 0.475. The molecule has 0 aromatic heterocycles. The van der Waals surface area contributed by atoms with E-state index in [9.17, 15) is 10.2 Å². The molecule has 0 heterocycles. The van der Waals surface area contributed by atoms with Gasteiger partial charge in [-0.25, -0.2) is 0 Å². The lowest BCUT2D eigenvalue weighted by Gasteiger charge is -2.05. The molecule has 35 heavy (non-hydrogen) atoms. The van der Waals surface area contributed by atoms with E-state index in [1.165, 1.54) is 0 Å². The number of nitrogen functional groups attached to an aromatic ring is 2. The van der Waals surface area contributed by atoms with E-state index in [4.69, 9.17) is 16.2 Å². The SMILES string of the molecule is Nc1ccc(Oc2ccc(N)cc2)cc1.Oc1ccc(-c2ccc(-c3ccc(O)cc3)cc2)cc1. The second-order valence-corrected chi connectivity index (χ2v) is 7.91. The van der Waals surface area contributed by atoms with Gasteiger partial charge >= 0.3 is 0 Å². The van der Waals surface area contributed by atoms with Gasteiger partial charge in [0, 0.05) is 11.4 Å². The van der Waals surface area contributed by atoms with Gasteiger partial charge in [-0.15, -0.1) is 0 Å². The van der Waals surface area contributed by atoms with Crippen molar-refractivity contribution in [3.8, 4) is 45.3 Å². The van der Waals surface area contributed by atoms with Gasteiger partial charge < -0.3 is 26.4 Å². The second-order valence-electron chi connectivity index (χ2n) is 7.91. The van der Waals surface area contributed by atoms with Crippen LogP contribution in [0.1, 0.15) is 0 Å². The monoisotopic (exact) mass is 462 g/mol. The van der Waals surface area contributed by atoms with Crippen LogP contribution < -0.4 is 16.2 Å². The molecule has 0 aliphatic heterocycles. The number of anilines is 2. The fraction of sp³-hybridized carbons (Fsp3) is 0. The first-order valence-corrected chi connectivity index (χ1v) is 11.0. The third-order valence-electron chi connectivity index (χ3n) is 5.28. The number of nitrogens with two attached hydrogens (primary N) is 2. The van der Waals surface area contributed by atoms with Gasteiger partial charge in [-0.2, -0.15) is 0 Å². The maximum Gasteiger partial charge on any atom is 0.127 e. The van der Waals surface area contributed by atoms with E-state index >= 15 is 0 Å². The Labute approximate surface area is 204 Å². The smallest absolute Gasteiger partial charge is 0.127 e. The Morgan fingerprint density at radius 1 is 0.371 bits per heavy atom. The molecule has 5 aromatic rings. The van der Waals surface area contributed by atoms with Crippen molar-refractivity contribution in [3.63, 3.8) is 0 Å². The number of phenols is 2. The van der Waals surface area contributed by atoms with Crippen molar-refractivity contribution in [2.75, 3.05) is 11.5 Å². The minimum Gasteiger partial charge on any atom is -0.508 e. The molecule has 5 heteroatoms. The maximum atomic E-state index is 9.30. The zero-order chi connectivity index (χ0) is 24.6. The van der Waals surface area contributed by atoms with Gasteiger partial charge in [-0.1, -0.05) is 48.5 Å². The number of phenolic OH excluding ortho intramolecular Hbond substituents is 2. The van der Waals surface area contributed by atoms with Crippen molar-refractivity contribution >= 4 is 11.4 Å². The average Bonchev–Trinajstić information content (AvgIpc) is 2.88. The van der Waals surface area contributed by atoms with Crippen LogP contribution in [-0.4, -0.2) is 10.2 Å². The van der Waals surface area contributed by atoms with Crippen LogP contribution in [0.5, 0.6) is 23.0 Å². The van der Waals surface area contributed by atoms with Crippen molar-refractivity contribution < 1.29 is 14.9 Å². The molecule has 0 unspecified atom stereocenters. The standard InChI is InChI=1S/C18H14O2.C12H12N2O/c19-17-9-5-15(6-10-17)13-1-2-14(4-3-13)16-7-11-18(20)12-8-16;13-9-1-5-11(6-2-9)15-12-7-3-10(14)4-8-12/h1-12,19-20H;1-8H,13-14H2. The number of hydrogen-bond donors (Lipinski definition) is 4. The van der Waals surface area contributed by atoms with E-state index in [1.807, 2.05) is 48.5 Å². The van der Waals surface area contributed by atoms with Crippen LogP contribution in [0, 0.1) is 0 Å². The molecule has 0 amide bonds. The minimum atomic E-state index is 0.273. The van der Waals surface area contributed by atoms with Crippen molar-refractivity contribution in [3.05, 3.63) is 121 Å². The molecule has 0 aliphatic rings. The highest BCUT2D eigenvalue weighted by molar-refractivity contribution is 5.71. The number of ether oxygens (including phenoxy) is 1. The van der Waals surface area contributed by atoms with E-state index in [-0.39, 0.29) is 11.5 Å². The normalized spacial score (nSPS) is 10.2. The van der Waals surface area contributed by atoms with Gasteiger partial charge in [0.05, 0.1) is 0 Å². The topological polar surface area (TPSA) is 102 Å². The third-order valence-corrected chi connectivity index (χ3v) is 5.28. The van der Waals surface area contributed by atoms with Gasteiger partial charge in [0.1, 0.15) is 23.0 Å². The van der Waals surface area contributed by atoms with Crippen LogP contribution >= 0.6 is 0 Å². The van der Waals surface area contributed by atoms with Gasteiger partial charge in [0.25, 0.3) is 0 Å². The molecule has 0 spiro atoms. The van der Waals surface area contributed by atoms with Crippen molar-refractivity contribution in [1.29, 1.82) is 0 Å². The number of rotatable bonds is 4. The number of benzene rings is 5. The fourth-order valence-electron chi connectivity index (χ4n) is 3.37. The summed E-state index contributed by atoms with van der Waals surface area (Å²) in [5, 5.41) is 18.6. The Bertz CT molecular complexity index is 1240. The lowest BCUT2D eigenvalue weighted by Crippen LogP contribution is -1.87. The molecule has 0 saturated heterocycles. The highest BCUT2D eigenvalue weighted by Gasteiger charge is 2.01. The molecule has 0 aliphatic carbocycles. The summed E-state index contributed by atoms with van der Waals surface area (Å²) in [4.78, 5) is 0. The summed E-state index contributed by atoms with van der Waals surface area (Å²) in [7, 11) is 0. The number of aromatic hydroxyl groups is 2. The van der Waals surface area contributed by atoms with Crippen molar-refractivity contribution in [1.82, 2.24) is 0 Å². The van der Waals surface area contributed by atoms with E-state index in [0.29, 0.717) is 0 Å². The fourth-order valence-corrected chi connectivity index (χ4v) is 3.37. The lowest BCUT2D eigenvalue weighted by atomic mass is 10.0. The van der Waals surface area contributed by atoms with E-state index in [0.717, 1.165) is 45.1 Å². The molecule has 0 saturated carbocycles. The Hall–Kier alpha value is -4.90. The maximum absolute atomic E-state index is 9.30. The molecule has 5 aromatic carbocycles. The summed E-state index contributed by atoms with van der Waals surface area (Å²) in [5.74, 6) is 2.06. The predicted octanol–water partition coefficient (Wildman–Crippen LogP) is 7.08. The van der Waals surface area contributed by atoms with Crippen LogP contribution in [0.4, 0.5) is 11.4 Å². The van der Waals surface area contributed by atoms with Gasteiger partial charge in [0.2, 0.25) is 0 Å². The van der Waals surface area contributed by atoms with Gasteiger partial charge in [0.15, 0.2) is 0 Å². The highest BCUT2D eigenvalue weighted by atomic mass is 16.5. The first-order chi connectivity index (χ1) is 17.0. The van der Waals surface area contributed by atoms with Crippen LogP contribution in [-0.2, 0) is 0 Å². The molecule has 0 atom stereocenters. The highest BCUT2D eigenvalue weighted by Crippen LogP contribution is 2.27. The molecule has 0 radical (unpaired) electrons. The quantitative estimate of drug-likeness (QED) is 0.214. The average molecular weight is 463 g/mol. The van der Waals surface area contributed by atoms with Crippen LogP contribution in [0.15, 0.2) is 121 Å². The Balaban J connectivity index is 0.000000172. The van der Waals surface area contributed by atoms with Crippen LogP contribution in [0.3, 0.4) is 0 Å².